The highest BCUT2D eigenvalue weighted by Crippen LogP contribution is 2.17. The van der Waals surface area contributed by atoms with Crippen molar-refractivity contribution in [3.63, 3.8) is 0 Å². The summed E-state index contributed by atoms with van der Waals surface area (Å²) in [5.74, 6) is -1.63. The first kappa shape index (κ1) is 17.9. The number of carbonyl (C=O) groups excluding carboxylic acids is 2. The Morgan fingerprint density at radius 3 is 2.71 bits per heavy atom. The van der Waals surface area contributed by atoms with Gasteiger partial charge in [0.1, 0.15) is 11.6 Å². The van der Waals surface area contributed by atoms with Gasteiger partial charge in [0.05, 0.1) is 24.1 Å². The number of amides is 1. The van der Waals surface area contributed by atoms with Gasteiger partial charge < -0.3 is 10.1 Å². The van der Waals surface area contributed by atoms with Crippen molar-refractivity contribution in [2.45, 2.75) is 5.75 Å². The molecule has 0 aliphatic heterocycles. The van der Waals surface area contributed by atoms with E-state index in [-0.39, 0.29) is 11.4 Å². The molecule has 1 N–H and O–H groups in total. The summed E-state index contributed by atoms with van der Waals surface area (Å²) in [7, 11) is 1.31. The van der Waals surface area contributed by atoms with Crippen LogP contribution in [0, 0.1) is 11.6 Å². The number of carbonyl (C=O) groups is 2. The number of esters is 1. The number of rotatable bonds is 6. The largest absolute Gasteiger partial charge is 0.465 e. The zero-order valence-corrected chi connectivity index (χ0v) is 13.7. The molecule has 7 heteroatoms. The smallest absolute Gasteiger partial charge is 0.337 e. The third kappa shape index (κ3) is 5.06. The summed E-state index contributed by atoms with van der Waals surface area (Å²) < 4.78 is 31.1. The first-order valence-corrected chi connectivity index (χ1v) is 8.15. The number of ether oxygens (including phenoxy) is 1. The number of methoxy groups -OCH3 is 1. The highest BCUT2D eigenvalue weighted by Gasteiger charge is 2.09. The quantitative estimate of drug-likeness (QED) is 0.808. The maximum atomic E-state index is 13.4. The average Bonchev–Trinajstić information content (AvgIpc) is 2.57. The van der Waals surface area contributed by atoms with Crippen LogP contribution >= 0.6 is 11.8 Å². The van der Waals surface area contributed by atoms with Crippen LogP contribution in [0.4, 0.5) is 14.5 Å². The predicted octanol–water partition coefficient (Wildman–Crippen LogP) is 3.62. The minimum atomic E-state index is -0.694. The fraction of sp³-hybridized carbons (Fsp3) is 0.176. The van der Waals surface area contributed by atoms with E-state index in [1.54, 1.807) is 18.2 Å². The van der Waals surface area contributed by atoms with Crippen LogP contribution in [-0.2, 0) is 15.3 Å². The van der Waals surface area contributed by atoms with E-state index >= 15 is 0 Å². The Morgan fingerprint density at radius 2 is 1.96 bits per heavy atom. The van der Waals surface area contributed by atoms with Gasteiger partial charge in [0.2, 0.25) is 5.91 Å². The number of hydrogen-bond donors (Lipinski definition) is 1. The maximum absolute atomic E-state index is 13.4. The summed E-state index contributed by atoms with van der Waals surface area (Å²) in [5.41, 5.74) is 1.10. The van der Waals surface area contributed by atoms with Crippen LogP contribution in [0.5, 0.6) is 0 Å². The molecule has 24 heavy (non-hydrogen) atoms. The normalized spacial score (nSPS) is 10.3. The first-order chi connectivity index (χ1) is 11.5. The molecule has 0 saturated heterocycles. The van der Waals surface area contributed by atoms with Crippen molar-refractivity contribution in [1.29, 1.82) is 0 Å². The summed E-state index contributed by atoms with van der Waals surface area (Å²) in [6, 6.07) is 9.73. The number of halogens is 2. The third-order valence-corrected chi connectivity index (χ3v) is 4.06. The highest BCUT2D eigenvalue weighted by atomic mass is 32.2. The summed E-state index contributed by atoms with van der Waals surface area (Å²) in [5, 5.41) is 2.33. The molecule has 0 saturated carbocycles. The van der Waals surface area contributed by atoms with E-state index in [2.05, 4.69) is 10.1 Å². The lowest BCUT2D eigenvalue weighted by molar-refractivity contribution is -0.113. The minimum absolute atomic E-state index is 0.0679. The molecule has 0 fully saturated rings. The Balaban J connectivity index is 1.86. The van der Waals surface area contributed by atoms with Gasteiger partial charge in [0.15, 0.2) is 0 Å². The molecule has 126 valence electrons. The molecule has 0 bridgehead atoms. The zero-order valence-electron chi connectivity index (χ0n) is 12.8. The average molecular weight is 351 g/mol. The summed E-state index contributed by atoms with van der Waals surface area (Å²) >= 11 is 1.29. The molecule has 0 atom stereocenters. The molecule has 2 aromatic rings. The number of thioether (sulfide) groups is 1. The topological polar surface area (TPSA) is 55.4 Å². The van der Waals surface area contributed by atoms with Gasteiger partial charge in [0.25, 0.3) is 0 Å². The molecular formula is C17H15F2NO3S. The molecule has 0 radical (unpaired) electrons. The fourth-order valence-electron chi connectivity index (χ4n) is 1.95. The van der Waals surface area contributed by atoms with Gasteiger partial charge in [0, 0.05) is 11.8 Å². The molecule has 2 aromatic carbocycles. The Bertz CT molecular complexity index is 752. The van der Waals surface area contributed by atoms with Crippen molar-refractivity contribution >= 4 is 29.3 Å². The molecular weight excluding hydrogens is 336 g/mol. The molecule has 0 unspecified atom stereocenters. The fourth-order valence-corrected chi connectivity index (χ4v) is 2.72. The van der Waals surface area contributed by atoms with Crippen molar-refractivity contribution in [3.8, 4) is 0 Å². The van der Waals surface area contributed by atoms with Gasteiger partial charge in [-0.3, -0.25) is 4.79 Å². The van der Waals surface area contributed by atoms with E-state index in [0.717, 1.165) is 23.8 Å². The van der Waals surface area contributed by atoms with Crippen molar-refractivity contribution in [2.75, 3.05) is 18.2 Å². The maximum Gasteiger partial charge on any atom is 0.337 e. The standard InChI is InChI=1S/C17H15F2NO3S/c1-23-17(22)12-4-2-3-11(7-12)9-24-10-16(21)20-15-8-13(18)5-6-14(15)19/h2-8H,9-10H2,1H3,(H,20,21). The van der Waals surface area contributed by atoms with Crippen molar-refractivity contribution in [2.24, 2.45) is 0 Å². The monoisotopic (exact) mass is 351 g/mol. The van der Waals surface area contributed by atoms with E-state index in [9.17, 15) is 18.4 Å². The van der Waals surface area contributed by atoms with Crippen LogP contribution in [0.3, 0.4) is 0 Å². The molecule has 0 aliphatic rings. The second-order valence-electron chi connectivity index (χ2n) is 4.86. The Morgan fingerprint density at radius 1 is 1.17 bits per heavy atom. The molecule has 0 aliphatic carbocycles. The Labute approximate surface area is 142 Å². The van der Waals surface area contributed by atoms with Crippen molar-refractivity contribution in [3.05, 3.63) is 65.2 Å². The molecule has 2 rings (SSSR count). The second-order valence-corrected chi connectivity index (χ2v) is 5.84. The van der Waals surface area contributed by atoms with Crippen LogP contribution in [0.15, 0.2) is 42.5 Å². The van der Waals surface area contributed by atoms with Crippen LogP contribution in [-0.4, -0.2) is 24.7 Å². The van der Waals surface area contributed by atoms with Crippen LogP contribution in [0.2, 0.25) is 0 Å². The van der Waals surface area contributed by atoms with Gasteiger partial charge in [-0.15, -0.1) is 11.8 Å². The van der Waals surface area contributed by atoms with E-state index < -0.39 is 23.5 Å². The Hall–Kier alpha value is -2.41. The van der Waals surface area contributed by atoms with Gasteiger partial charge in [-0.2, -0.15) is 0 Å². The molecule has 0 aromatic heterocycles. The minimum Gasteiger partial charge on any atom is -0.465 e. The van der Waals surface area contributed by atoms with E-state index in [1.807, 2.05) is 6.07 Å². The predicted molar refractivity (Wildman–Crippen MR) is 88.9 cm³/mol. The van der Waals surface area contributed by atoms with Crippen molar-refractivity contribution in [1.82, 2.24) is 0 Å². The molecule has 0 spiro atoms. The van der Waals surface area contributed by atoms with Crippen LogP contribution < -0.4 is 5.32 Å². The van der Waals surface area contributed by atoms with Gasteiger partial charge in [-0.05, 0) is 29.8 Å². The molecule has 1 amide bonds. The number of nitrogens with one attached hydrogen (secondary N) is 1. The van der Waals surface area contributed by atoms with Crippen LogP contribution in [0.25, 0.3) is 0 Å². The zero-order chi connectivity index (χ0) is 17.5. The van der Waals surface area contributed by atoms with Gasteiger partial charge >= 0.3 is 5.97 Å². The van der Waals surface area contributed by atoms with Crippen molar-refractivity contribution < 1.29 is 23.1 Å². The third-order valence-electron chi connectivity index (χ3n) is 3.05. The van der Waals surface area contributed by atoms with Gasteiger partial charge in [-0.1, -0.05) is 12.1 Å². The van der Waals surface area contributed by atoms with E-state index in [1.165, 1.54) is 18.9 Å². The van der Waals surface area contributed by atoms with Crippen LogP contribution in [0.1, 0.15) is 15.9 Å². The lowest BCUT2D eigenvalue weighted by Gasteiger charge is -2.07. The summed E-state index contributed by atoms with van der Waals surface area (Å²) in [4.78, 5) is 23.2. The lowest BCUT2D eigenvalue weighted by atomic mass is 10.1. The van der Waals surface area contributed by atoms with E-state index in [4.69, 9.17) is 0 Å². The Kier molecular flexibility index (Phi) is 6.31. The molecule has 4 nitrogen and oxygen atoms in total. The summed E-state index contributed by atoms with van der Waals surface area (Å²) in [6.45, 7) is 0. The number of benzene rings is 2. The number of hydrogen-bond acceptors (Lipinski definition) is 4. The number of anilines is 1. The summed E-state index contributed by atoms with van der Waals surface area (Å²) in [6.07, 6.45) is 0. The van der Waals surface area contributed by atoms with Gasteiger partial charge in [-0.25, -0.2) is 13.6 Å². The SMILES string of the molecule is COC(=O)c1cccc(CSCC(=O)Nc2cc(F)ccc2F)c1. The highest BCUT2D eigenvalue weighted by molar-refractivity contribution is 7.99. The lowest BCUT2D eigenvalue weighted by Crippen LogP contribution is -2.15. The van der Waals surface area contributed by atoms with E-state index in [0.29, 0.717) is 11.3 Å². The first-order valence-electron chi connectivity index (χ1n) is 6.99. The second kappa shape index (κ2) is 8.44. The molecule has 0 heterocycles.